The zero-order valence-corrected chi connectivity index (χ0v) is 12.3. The van der Waals surface area contributed by atoms with E-state index in [2.05, 4.69) is 10.1 Å². The zero-order valence-electron chi connectivity index (χ0n) is 12.3. The SMILES string of the molecule is COc1cnc(OCc2cccc3c2cnn3C)cc1C=O. The molecule has 0 unspecified atom stereocenters. The second-order valence-electron chi connectivity index (χ2n) is 4.79. The van der Waals surface area contributed by atoms with Crippen LogP contribution in [-0.4, -0.2) is 28.2 Å². The Kier molecular flexibility index (Phi) is 3.74. The van der Waals surface area contributed by atoms with Crippen LogP contribution in [0.3, 0.4) is 0 Å². The van der Waals surface area contributed by atoms with Crippen molar-refractivity contribution >= 4 is 17.2 Å². The van der Waals surface area contributed by atoms with E-state index in [0.717, 1.165) is 22.8 Å². The Morgan fingerprint density at radius 1 is 1.32 bits per heavy atom. The second kappa shape index (κ2) is 5.85. The number of methoxy groups -OCH3 is 1. The van der Waals surface area contributed by atoms with Crippen molar-refractivity contribution in [1.82, 2.24) is 14.8 Å². The lowest BCUT2D eigenvalue weighted by Gasteiger charge is -2.08. The summed E-state index contributed by atoms with van der Waals surface area (Å²) < 4.78 is 12.6. The third-order valence-electron chi connectivity index (χ3n) is 3.48. The van der Waals surface area contributed by atoms with Crippen LogP contribution in [0.15, 0.2) is 36.7 Å². The van der Waals surface area contributed by atoms with E-state index < -0.39 is 0 Å². The molecule has 0 atom stereocenters. The largest absolute Gasteiger partial charge is 0.494 e. The van der Waals surface area contributed by atoms with Crippen molar-refractivity contribution in [2.45, 2.75) is 6.61 Å². The number of aromatic nitrogens is 3. The molecule has 3 rings (SSSR count). The Bertz CT molecular complexity index is 827. The molecule has 2 aromatic heterocycles. The molecule has 22 heavy (non-hydrogen) atoms. The van der Waals surface area contributed by atoms with Crippen molar-refractivity contribution in [2.75, 3.05) is 7.11 Å². The molecule has 3 aromatic rings. The van der Waals surface area contributed by atoms with Crippen LogP contribution in [0.1, 0.15) is 15.9 Å². The van der Waals surface area contributed by atoms with Gasteiger partial charge in [0.1, 0.15) is 12.4 Å². The topological polar surface area (TPSA) is 66.2 Å². The van der Waals surface area contributed by atoms with Gasteiger partial charge in [0.15, 0.2) is 6.29 Å². The van der Waals surface area contributed by atoms with Crippen LogP contribution in [-0.2, 0) is 13.7 Å². The minimum absolute atomic E-state index is 0.348. The van der Waals surface area contributed by atoms with E-state index in [0.29, 0.717) is 23.8 Å². The molecular weight excluding hydrogens is 282 g/mol. The number of carbonyl (C=O) groups is 1. The van der Waals surface area contributed by atoms with E-state index in [1.54, 1.807) is 6.07 Å². The minimum Gasteiger partial charge on any atom is -0.494 e. The highest BCUT2D eigenvalue weighted by Gasteiger charge is 2.08. The van der Waals surface area contributed by atoms with Gasteiger partial charge in [0.2, 0.25) is 5.88 Å². The predicted molar refractivity (Wildman–Crippen MR) is 81.2 cm³/mol. The van der Waals surface area contributed by atoms with Crippen LogP contribution in [0.2, 0.25) is 0 Å². The predicted octanol–water partition coefficient (Wildman–Crippen LogP) is 2.37. The van der Waals surface area contributed by atoms with Gasteiger partial charge >= 0.3 is 0 Å². The van der Waals surface area contributed by atoms with Crippen molar-refractivity contribution in [1.29, 1.82) is 0 Å². The molecule has 0 radical (unpaired) electrons. The van der Waals surface area contributed by atoms with Crippen molar-refractivity contribution < 1.29 is 14.3 Å². The third-order valence-corrected chi connectivity index (χ3v) is 3.48. The van der Waals surface area contributed by atoms with Gasteiger partial charge in [-0.1, -0.05) is 12.1 Å². The normalized spacial score (nSPS) is 10.6. The number of ether oxygens (including phenoxy) is 2. The number of fused-ring (bicyclic) bond motifs is 1. The quantitative estimate of drug-likeness (QED) is 0.676. The molecule has 0 aliphatic heterocycles. The Hall–Kier alpha value is -2.89. The van der Waals surface area contributed by atoms with Gasteiger partial charge in [0, 0.05) is 24.1 Å². The van der Waals surface area contributed by atoms with Gasteiger partial charge in [-0.3, -0.25) is 9.48 Å². The van der Waals surface area contributed by atoms with Gasteiger partial charge in [-0.25, -0.2) is 4.98 Å². The average molecular weight is 297 g/mol. The maximum absolute atomic E-state index is 11.0. The van der Waals surface area contributed by atoms with Crippen molar-refractivity contribution in [3.63, 3.8) is 0 Å². The molecule has 0 bridgehead atoms. The van der Waals surface area contributed by atoms with Crippen LogP contribution in [0, 0.1) is 0 Å². The lowest BCUT2D eigenvalue weighted by molar-refractivity contribution is 0.111. The fourth-order valence-corrected chi connectivity index (χ4v) is 2.29. The van der Waals surface area contributed by atoms with E-state index in [1.165, 1.54) is 13.3 Å². The summed E-state index contributed by atoms with van der Waals surface area (Å²) in [6.07, 6.45) is 4.01. The van der Waals surface area contributed by atoms with Gasteiger partial charge in [0.05, 0.1) is 30.6 Å². The van der Waals surface area contributed by atoms with Crippen molar-refractivity contribution in [2.24, 2.45) is 7.05 Å². The second-order valence-corrected chi connectivity index (χ2v) is 4.79. The van der Waals surface area contributed by atoms with Gasteiger partial charge in [-0.2, -0.15) is 5.10 Å². The summed E-state index contributed by atoms with van der Waals surface area (Å²) in [5.74, 6) is 0.806. The highest BCUT2D eigenvalue weighted by atomic mass is 16.5. The van der Waals surface area contributed by atoms with Crippen LogP contribution < -0.4 is 9.47 Å². The molecule has 6 heteroatoms. The summed E-state index contributed by atoms with van der Waals surface area (Å²) in [6, 6.07) is 7.51. The van der Waals surface area contributed by atoms with Crippen molar-refractivity contribution in [3.05, 3.63) is 47.8 Å². The molecular formula is C16H15N3O3. The smallest absolute Gasteiger partial charge is 0.214 e. The molecule has 2 heterocycles. The fraction of sp³-hybridized carbons (Fsp3) is 0.188. The van der Waals surface area contributed by atoms with Crippen molar-refractivity contribution in [3.8, 4) is 11.6 Å². The lowest BCUT2D eigenvalue weighted by Crippen LogP contribution is -2.00. The van der Waals surface area contributed by atoms with Crippen LogP contribution in [0.4, 0.5) is 0 Å². The summed E-state index contributed by atoms with van der Waals surface area (Å²) in [5.41, 5.74) is 2.46. The highest BCUT2D eigenvalue weighted by Crippen LogP contribution is 2.22. The van der Waals surface area contributed by atoms with E-state index in [-0.39, 0.29) is 0 Å². The summed E-state index contributed by atoms with van der Waals surface area (Å²) in [6.45, 7) is 0.348. The standard InChI is InChI=1S/C16H15N3O3/c1-19-14-5-3-4-11(13(14)7-18-19)10-22-16-6-12(9-20)15(21-2)8-17-16/h3-9H,10H2,1-2H3. The van der Waals surface area contributed by atoms with Gasteiger partial charge in [-0.15, -0.1) is 0 Å². The summed E-state index contributed by atoms with van der Waals surface area (Å²) in [7, 11) is 3.39. The van der Waals surface area contributed by atoms with Crippen LogP contribution >= 0.6 is 0 Å². The van der Waals surface area contributed by atoms with E-state index >= 15 is 0 Å². The lowest BCUT2D eigenvalue weighted by atomic mass is 10.1. The fourth-order valence-electron chi connectivity index (χ4n) is 2.29. The molecule has 0 fully saturated rings. The first-order valence-corrected chi connectivity index (χ1v) is 6.74. The molecule has 0 saturated carbocycles. The number of rotatable bonds is 5. The summed E-state index contributed by atoms with van der Waals surface area (Å²) >= 11 is 0. The molecule has 0 saturated heterocycles. The first kappa shape index (κ1) is 14.1. The number of benzene rings is 1. The summed E-state index contributed by atoms with van der Waals surface area (Å²) in [4.78, 5) is 15.1. The minimum atomic E-state index is 0.348. The van der Waals surface area contributed by atoms with E-state index in [4.69, 9.17) is 9.47 Å². The van der Waals surface area contributed by atoms with Crippen LogP contribution in [0.25, 0.3) is 10.9 Å². The molecule has 0 spiro atoms. The number of aldehydes is 1. The molecule has 0 aliphatic carbocycles. The first-order chi connectivity index (χ1) is 10.7. The molecule has 112 valence electrons. The van der Waals surface area contributed by atoms with Gasteiger partial charge in [0.25, 0.3) is 0 Å². The number of hydrogen-bond acceptors (Lipinski definition) is 5. The number of nitrogens with zero attached hydrogens (tertiary/aromatic N) is 3. The molecule has 6 nitrogen and oxygen atoms in total. The van der Waals surface area contributed by atoms with Gasteiger partial charge in [-0.05, 0) is 6.07 Å². The number of aryl methyl sites for hydroxylation is 1. The maximum atomic E-state index is 11.0. The van der Waals surface area contributed by atoms with E-state index in [9.17, 15) is 4.79 Å². The summed E-state index contributed by atoms with van der Waals surface area (Å²) in [5, 5.41) is 5.28. The van der Waals surface area contributed by atoms with Gasteiger partial charge < -0.3 is 9.47 Å². The number of hydrogen-bond donors (Lipinski definition) is 0. The molecule has 0 aliphatic rings. The maximum Gasteiger partial charge on any atom is 0.214 e. The first-order valence-electron chi connectivity index (χ1n) is 6.74. The third kappa shape index (κ3) is 2.50. The Morgan fingerprint density at radius 2 is 2.18 bits per heavy atom. The highest BCUT2D eigenvalue weighted by molar-refractivity contribution is 5.82. The Balaban J connectivity index is 1.83. The van der Waals surface area contributed by atoms with Crippen LogP contribution in [0.5, 0.6) is 11.6 Å². The number of carbonyl (C=O) groups excluding carboxylic acids is 1. The molecule has 0 amide bonds. The Labute approximate surface area is 127 Å². The monoisotopic (exact) mass is 297 g/mol. The molecule has 0 N–H and O–H groups in total. The Morgan fingerprint density at radius 3 is 2.95 bits per heavy atom. The zero-order chi connectivity index (χ0) is 15.5. The molecule has 1 aromatic carbocycles. The average Bonchev–Trinajstić information content (AvgIpc) is 2.94. The van der Waals surface area contributed by atoms with E-state index in [1.807, 2.05) is 36.1 Å². The number of pyridine rings is 1.